The summed E-state index contributed by atoms with van der Waals surface area (Å²) >= 11 is 4.81. The molecule has 1 heterocycles. The van der Waals surface area contributed by atoms with E-state index in [0.717, 1.165) is 18.2 Å². The van der Waals surface area contributed by atoms with Crippen LogP contribution in [0.15, 0.2) is 18.2 Å². The number of hydrogen-bond acceptors (Lipinski definition) is 3. The molecule has 0 saturated carbocycles. The van der Waals surface area contributed by atoms with E-state index < -0.39 is 40.4 Å². The lowest BCUT2D eigenvalue weighted by atomic mass is 9.93. The molecule has 1 aliphatic rings. The SMILES string of the molecule is O=[N+]([O-])c1ccc(F)c(C2NC(=S)CCC2(F)F)c1. The highest BCUT2D eigenvalue weighted by molar-refractivity contribution is 7.80. The topological polar surface area (TPSA) is 55.2 Å². The number of halogens is 3. The molecule has 0 amide bonds. The van der Waals surface area contributed by atoms with Crippen LogP contribution in [0.1, 0.15) is 24.4 Å². The van der Waals surface area contributed by atoms with Crippen molar-refractivity contribution in [2.75, 3.05) is 0 Å². The third-order valence-corrected chi connectivity index (χ3v) is 3.24. The van der Waals surface area contributed by atoms with Gasteiger partial charge in [-0.15, -0.1) is 0 Å². The lowest BCUT2D eigenvalue weighted by molar-refractivity contribution is -0.385. The predicted molar refractivity (Wildman–Crippen MR) is 65.7 cm³/mol. The largest absolute Gasteiger partial charge is 0.367 e. The van der Waals surface area contributed by atoms with Gasteiger partial charge in [-0.2, -0.15) is 0 Å². The molecule has 0 radical (unpaired) electrons. The van der Waals surface area contributed by atoms with Gasteiger partial charge in [-0.05, 0) is 6.07 Å². The van der Waals surface area contributed by atoms with Gasteiger partial charge in [0.25, 0.3) is 11.6 Å². The highest BCUT2D eigenvalue weighted by atomic mass is 32.1. The van der Waals surface area contributed by atoms with Gasteiger partial charge in [0.15, 0.2) is 0 Å². The van der Waals surface area contributed by atoms with Crippen molar-refractivity contribution in [3.63, 3.8) is 0 Å². The zero-order valence-corrected chi connectivity index (χ0v) is 10.3. The predicted octanol–water partition coefficient (Wildman–Crippen LogP) is 3.12. The van der Waals surface area contributed by atoms with E-state index in [2.05, 4.69) is 5.32 Å². The lowest BCUT2D eigenvalue weighted by Crippen LogP contribution is -2.45. The van der Waals surface area contributed by atoms with Crippen LogP contribution in [0.4, 0.5) is 18.9 Å². The van der Waals surface area contributed by atoms with Gasteiger partial charge in [0.2, 0.25) is 0 Å². The molecule has 102 valence electrons. The maximum atomic E-state index is 13.8. The summed E-state index contributed by atoms with van der Waals surface area (Å²) in [5, 5.41) is 13.0. The van der Waals surface area contributed by atoms with Crippen molar-refractivity contribution in [2.45, 2.75) is 24.8 Å². The average molecular weight is 290 g/mol. The van der Waals surface area contributed by atoms with Crippen LogP contribution in [0.25, 0.3) is 0 Å². The quantitative estimate of drug-likeness (QED) is 0.516. The van der Waals surface area contributed by atoms with Gasteiger partial charge in [0.05, 0.1) is 9.91 Å². The number of hydrogen-bond donors (Lipinski definition) is 1. The first-order valence-electron chi connectivity index (χ1n) is 5.42. The van der Waals surface area contributed by atoms with E-state index >= 15 is 0 Å². The van der Waals surface area contributed by atoms with Crippen LogP contribution in [0, 0.1) is 15.9 Å². The molecule has 1 aliphatic heterocycles. The van der Waals surface area contributed by atoms with Crippen LogP contribution in [0.5, 0.6) is 0 Å². The summed E-state index contributed by atoms with van der Waals surface area (Å²) in [6, 6.07) is 0.879. The summed E-state index contributed by atoms with van der Waals surface area (Å²) in [5.41, 5.74) is -0.883. The molecule has 1 aromatic rings. The Morgan fingerprint density at radius 3 is 2.79 bits per heavy atom. The molecule has 1 N–H and O–H groups in total. The molecule has 0 bridgehead atoms. The fourth-order valence-corrected chi connectivity index (χ4v) is 2.15. The number of alkyl halides is 2. The molecule has 1 saturated heterocycles. The molecule has 1 aromatic carbocycles. The molecule has 2 rings (SSSR count). The number of nitrogens with zero attached hydrogens (tertiary/aromatic N) is 1. The Bertz CT molecular complexity index is 551. The van der Waals surface area contributed by atoms with Gasteiger partial charge >= 0.3 is 0 Å². The van der Waals surface area contributed by atoms with Crippen LogP contribution in [0.3, 0.4) is 0 Å². The van der Waals surface area contributed by atoms with E-state index in [9.17, 15) is 23.3 Å². The number of piperidine rings is 1. The summed E-state index contributed by atoms with van der Waals surface area (Å²) in [6.45, 7) is 0. The highest BCUT2D eigenvalue weighted by Gasteiger charge is 2.45. The second-order valence-electron chi connectivity index (χ2n) is 4.22. The van der Waals surface area contributed by atoms with E-state index in [1.807, 2.05) is 0 Å². The van der Waals surface area contributed by atoms with Crippen LogP contribution in [-0.4, -0.2) is 15.8 Å². The number of non-ortho nitro benzene ring substituents is 1. The Morgan fingerprint density at radius 1 is 1.47 bits per heavy atom. The van der Waals surface area contributed by atoms with E-state index in [0.29, 0.717) is 0 Å². The Kier molecular flexibility index (Phi) is 3.44. The van der Waals surface area contributed by atoms with Crippen molar-refractivity contribution in [3.8, 4) is 0 Å². The number of rotatable bonds is 2. The monoisotopic (exact) mass is 290 g/mol. The van der Waals surface area contributed by atoms with Crippen LogP contribution >= 0.6 is 12.2 Å². The van der Waals surface area contributed by atoms with Gasteiger partial charge in [0.1, 0.15) is 11.9 Å². The Balaban J connectivity index is 2.46. The number of benzene rings is 1. The molecular formula is C11H9F3N2O2S. The zero-order chi connectivity index (χ0) is 14.2. The minimum absolute atomic E-state index is 0.00930. The number of nitro groups is 1. The third kappa shape index (κ3) is 2.67. The second kappa shape index (κ2) is 4.76. The molecule has 0 aliphatic carbocycles. The Morgan fingerprint density at radius 2 is 2.16 bits per heavy atom. The summed E-state index contributed by atoms with van der Waals surface area (Å²) in [4.78, 5) is 10.1. The van der Waals surface area contributed by atoms with Crippen LogP contribution in [-0.2, 0) is 0 Å². The molecule has 1 fully saturated rings. The minimum Gasteiger partial charge on any atom is -0.367 e. The lowest BCUT2D eigenvalue weighted by Gasteiger charge is -2.33. The molecule has 0 aromatic heterocycles. The van der Waals surface area contributed by atoms with Gasteiger partial charge in [-0.1, -0.05) is 12.2 Å². The van der Waals surface area contributed by atoms with Crippen molar-refractivity contribution in [1.29, 1.82) is 0 Å². The standard InChI is InChI=1S/C11H9F3N2O2S/c12-8-2-1-6(16(17)18)5-7(8)10-11(13,14)4-3-9(19)15-10/h1-2,5,10H,3-4H2,(H,15,19). The number of nitrogens with one attached hydrogen (secondary N) is 1. The first-order chi connectivity index (χ1) is 8.81. The Labute approximate surface area is 111 Å². The van der Waals surface area contributed by atoms with Gasteiger partial charge in [-0.3, -0.25) is 10.1 Å². The minimum atomic E-state index is -3.21. The van der Waals surface area contributed by atoms with Crippen LogP contribution < -0.4 is 5.32 Å². The van der Waals surface area contributed by atoms with Crippen molar-refractivity contribution >= 4 is 22.9 Å². The highest BCUT2D eigenvalue weighted by Crippen LogP contribution is 2.40. The van der Waals surface area contributed by atoms with Crippen molar-refractivity contribution in [2.24, 2.45) is 0 Å². The fraction of sp³-hybridized carbons (Fsp3) is 0.364. The zero-order valence-electron chi connectivity index (χ0n) is 9.53. The van der Waals surface area contributed by atoms with Gasteiger partial charge in [0, 0.05) is 30.5 Å². The van der Waals surface area contributed by atoms with Gasteiger partial charge in [-0.25, -0.2) is 13.2 Å². The molecule has 1 unspecified atom stereocenters. The molecule has 1 atom stereocenters. The normalized spacial score (nSPS) is 21.8. The van der Waals surface area contributed by atoms with E-state index in [1.54, 1.807) is 0 Å². The van der Waals surface area contributed by atoms with E-state index in [4.69, 9.17) is 12.2 Å². The van der Waals surface area contributed by atoms with Crippen molar-refractivity contribution < 1.29 is 18.1 Å². The van der Waals surface area contributed by atoms with Gasteiger partial charge < -0.3 is 5.32 Å². The molecule has 0 spiro atoms. The smallest absolute Gasteiger partial charge is 0.272 e. The Hall–Kier alpha value is -1.70. The summed E-state index contributed by atoms with van der Waals surface area (Å²) in [6.07, 6.45) is -0.499. The summed E-state index contributed by atoms with van der Waals surface area (Å²) in [7, 11) is 0. The number of nitro benzene ring substituents is 1. The van der Waals surface area contributed by atoms with E-state index in [1.165, 1.54) is 0 Å². The molecular weight excluding hydrogens is 281 g/mol. The first-order valence-corrected chi connectivity index (χ1v) is 5.83. The first kappa shape index (κ1) is 13.7. The average Bonchev–Trinajstić information content (AvgIpc) is 2.33. The van der Waals surface area contributed by atoms with Crippen molar-refractivity contribution in [1.82, 2.24) is 5.32 Å². The maximum Gasteiger partial charge on any atom is 0.272 e. The van der Waals surface area contributed by atoms with Crippen molar-refractivity contribution in [3.05, 3.63) is 39.7 Å². The fourth-order valence-electron chi connectivity index (χ4n) is 1.93. The maximum absolute atomic E-state index is 13.8. The van der Waals surface area contributed by atoms with E-state index in [-0.39, 0.29) is 11.4 Å². The molecule has 8 heteroatoms. The second-order valence-corrected chi connectivity index (χ2v) is 4.72. The summed E-state index contributed by atoms with van der Waals surface area (Å²) < 4.78 is 41.2. The third-order valence-electron chi connectivity index (χ3n) is 2.91. The summed E-state index contributed by atoms with van der Waals surface area (Å²) in [5.74, 6) is -4.13. The van der Waals surface area contributed by atoms with Crippen LogP contribution in [0.2, 0.25) is 0 Å². The molecule has 4 nitrogen and oxygen atoms in total. The molecule has 19 heavy (non-hydrogen) atoms. The number of thiocarbonyl (C=S) groups is 1.